The number of rotatable bonds is 4. The van der Waals surface area contributed by atoms with Gasteiger partial charge in [0.1, 0.15) is 0 Å². The van der Waals surface area contributed by atoms with Crippen molar-refractivity contribution in [3.05, 3.63) is 40.6 Å². The van der Waals surface area contributed by atoms with Crippen molar-refractivity contribution in [1.82, 2.24) is 0 Å². The number of nitrogens with two attached hydrogens (primary N) is 2. The van der Waals surface area contributed by atoms with Gasteiger partial charge in [0.15, 0.2) is 0 Å². The fourth-order valence-electron chi connectivity index (χ4n) is 2.19. The van der Waals surface area contributed by atoms with Gasteiger partial charge in [0, 0.05) is 28.9 Å². The van der Waals surface area contributed by atoms with Crippen LogP contribution in [0.1, 0.15) is 23.1 Å². The first kappa shape index (κ1) is 15.1. The monoisotopic (exact) mass is 296 g/mol. The zero-order valence-corrected chi connectivity index (χ0v) is 11.2. The first-order valence-electron chi connectivity index (χ1n) is 6.30. The van der Waals surface area contributed by atoms with Gasteiger partial charge in [0.25, 0.3) is 0 Å². The molecule has 0 atom stereocenters. The molecule has 0 saturated heterocycles. The van der Waals surface area contributed by atoms with Crippen molar-refractivity contribution in [2.45, 2.75) is 19.0 Å². The van der Waals surface area contributed by atoms with Crippen molar-refractivity contribution in [3.8, 4) is 0 Å². The second kappa shape index (κ2) is 5.59. The largest absolute Gasteiger partial charge is 0.416 e. The lowest BCUT2D eigenvalue weighted by Crippen LogP contribution is -2.12. The molecule has 21 heavy (non-hydrogen) atoms. The van der Waals surface area contributed by atoms with Crippen LogP contribution in [0.3, 0.4) is 0 Å². The van der Waals surface area contributed by atoms with E-state index in [0.29, 0.717) is 24.4 Å². The van der Waals surface area contributed by atoms with E-state index in [4.69, 9.17) is 16.9 Å². The molecule has 1 aliphatic heterocycles. The van der Waals surface area contributed by atoms with E-state index in [1.807, 2.05) is 0 Å². The van der Waals surface area contributed by atoms with E-state index >= 15 is 0 Å². The van der Waals surface area contributed by atoms with Crippen molar-refractivity contribution >= 4 is 17.6 Å². The molecular weight excluding hydrogens is 281 g/mol. The maximum atomic E-state index is 13.1. The molecule has 1 aromatic rings. The van der Waals surface area contributed by atoms with Crippen LogP contribution in [0, 0.1) is 5.41 Å². The molecule has 0 bridgehead atoms. The summed E-state index contributed by atoms with van der Waals surface area (Å²) in [4.78, 5) is 4.13. The van der Waals surface area contributed by atoms with Crippen LogP contribution >= 0.6 is 0 Å². The van der Waals surface area contributed by atoms with E-state index in [-0.39, 0.29) is 23.2 Å². The van der Waals surface area contributed by atoms with E-state index in [2.05, 4.69) is 4.99 Å². The minimum atomic E-state index is -4.48. The van der Waals surface area contributed by atoms with E-state index < -0.39 is 11.7 Å². The molecule has 1 aliphatic rings. The molecule has 0 aromatic heterocycles. The normalized spacial score (nSPS) is 14.8. The highest BCUT2D eigenvalue weighted by atomic mass is 19.4. The number of anilines is 1. The average molecular weight is 296 g/mol. The Morgan fingerprint density at radius 2 is 1.95 bits per heavy atom. The average Bonchev–Trinajstić information content (AvgIpc) is 2.81. The van der Waals surface area contributed by atoms with Crippen LogP contribution in [0.5, 0.6) is 0 Å². The third-order valence-corrected chi connectivity index (χ3v) is 3.24. The summed E-state index contributed by atoms with van der Waals surface area (Å²) >= 11 is 0. The molecule has 1 aromatic carbocycles. The number of aliphatic imine (C=N–C) groups is 1. The molecule has 7 heteroatoms. The van der Waals surface area contributed by atoms with Gasteiger partial charge in [-0.15, -0.1) is 0 Å². The van der Waals surface area contributed by atoms with Crippen LogP contribution in [-0.2, 0) is 12.6 Å². The zero-order chi connectivity index (χ0) is 15.6. The maximum Gasteiger partial charge on any atom is 0.416 e. The fourth-order valence-corrected chi connectivity index (χ4v) is 2.19. The molecule has 112 valence electrons. The topological polar surface area (TPSA) is 88.2 Å². The molecule has 0 aliphatic carbocycles. The van der Waals surface area contributed by atoms with E-state index in [0.717, 1.165) is 12.3 Å². The van der Waals surface area contributed by atoms with E-state index in [1.165, 1.54) is 6.07 Å². The number of benzene rings is 1. The quantitative estimate of drug-likeness (QED) is 0.589. The van der Waals surface area contributed by atoms with Gasteiger partial charge in [-0.3, -0.25) is 4.99 Å². The number of hydrogen-bond acceptors (Lipinski definition) is 4. The van der Waals surface area contributed by atoms with E-state index in [9.17, 15) is 13.2 Å². The highest BCUT2D eigenvalue weighted by Gasteiger charge is 2.33. The lowest BCUT2D eigenvalue weighted by Gasteiger charge is -2.15. The highest BCUT2D eigenvalue weighted by molar-refractivity contribution is 5.97. The summed E-state index contributed by atoms with van der Waals surface area (Å²) < 4.78 is 39.2. The second-order valence-corrected chi connectivity index (χ2v) is 4.81. The first-order chi connectivity index (χ1) is 9.81. The SMILES string of the molecule is N=Cc1cc(C(F)(F)F)c(CCC2=NCC(N)=C2)cc1N. The van der Waals surface area contributed by atoms with Gasteiger partial charge in [0.2, 0.25) is 0 Å². The van der Waals surface area contributed by atoms with Gasteiger partial charge in [-0.2, -0.15) is 13.2 Å². The summed E-state index contributed by atoms with van der Waals surface area (Å²) in [5.41, 5.74) is 12.1. The number of hydrogen-bond donors (Lipinski definition) is 3. The van der Waals surface area contributed by atoms with Crippen molar-refractivity contribution in [3.63, 3.8) is 0 Å². The predicted molar refractivity (Wildman–Crippen MR) is 76.6 cm³/mol. The Morgan fingerprint density at radius 1 is 1.24 bits per heavy atom. The van der Waals surface area contributed by atoms with Crippen LogP contribution in [0.15, 0.2) is 28.9 Å². The summed E-state index contributed by atoms with van der Waals surface area (Å²) in [6, 6.07) is 2.20. The van der Waals surface area contributed by atoms with Gasteiger partial charge >= 0.3 is 6.18 Å². The van der Waals surface area contributed by atoms with Crippen molar-refractivity contribution in [2.24, 2.45) is 10.7 Å². The van der Waals surface area contributed by atoms with Crippen LogP contribution in [0.4, 0.5) is 18.9 Å². The lowest BCUT2D eigenvalue weighted by atomic mass is 9.97. The summed E-state index contributed by atoms with van der Waals surface area (Å²) in [5, 5.41) is 7.10. The molecule has 4 nitrogen and oxygen atoms in total. The lowest BCUT2D eigenvalue weighted by molar-refractivity contribution is -0.138. The molecule has 0 amide bonds. The van der Waals surface area contributed by atoms with Crippen LogP contribution < -0.4 is 11.5 Å². The molecule has 0 saturated carbocycles. The van der Waals surface area contributed by atoms with Crippen LogP contribution in [0.2, 0.25) is 0 Å². The minimum Gasteiger partial charge on any atom is -0.400 e. The van der Waals surface area contributed by atoms with Crippen LogP contribution in [0.25, 0.3) is 0 Å². The molecule has 0 fully saturated rings. The van der Waals surface area contributed by atoms with Crippen molar-refractivity contribution in [2.75, 3.05) is 12.3 Å². The van der Waals surface area contributed by atoms with Gasteiger partial charge in [-0.25, -0.2) is 0 Å². The number of nitrogen functional groups attached to an aromatic ring is 1. The Bertz CT molecular complexity index is 630. The van der Waals surface area contributed by atoms with Gasteiger partial charge in [0.05, 0.1) is 12.1 Å². The number of alkyl halides is 3. The summed E-state index contributed by atoms with van der Waals surface area (Å²) in [5.74, 6) is 0. The Labute approximate surface area is 119 Å². The number of halogens is 3. The third-order valence-electron chi connectivity index (χ3n) is 3.24. The third kappa shape index (κ3) is 3.42. The molecule has 0 spiro atoms. The summed E-state index contributed by atoms with van der Waals surface area (Å²) in [6.45, 7) is 0.399. The Kier molecular flexibility index (Phi) is 4.02. The van der Waals surface area contributed by atoms with Gasteiger partial charge in [-0.05, 0) is 36.6 Å². The van der Waals surface area contributed by atoms with Crippen molar-refractivity contribution < 1.29 is 13.2 Å². The molecule has 0 radical (unpaired) electrons. The molecule has 1 heterocycles. The molecule has 5 N–H and O–H groups in total. The van der Waals surface area contributed by atoms with Crippen LogP contribution in [-0.4, -0.2) is 18.5 Å². The fraction of sp³-hybridized carbons (Fsp3) is 0.286. The second-order valence-electron chi connectivity index (χ2n) is 4.81. The molecule has 0 unspecified atom stereocenters. The zero-order valence-electron chi connectivity index (χ0n) is 11.2. The number of nitrogens with one attached hydrogen (secondary N) is 1. The Balaban J connectivity index is 2.29. The Hall–Kier alpha value is -2.31. The summed E-state index contributed by atoms with van der Waals surface area (Å²) in [7, 11) is 0. The minimum absolute atomic E-state index is 0.0634. The standard InChI is InChI=1S/C14H15F3N4/c15-14(16,17)12-3-9(6-18)13(20)4-8(12)1-2-11-5-10(19)7-21-11/h3-6,18H,1-2,7,19-20H2. The molecule has 2 rings (SSSR count). The smallest absolute Gasteiger partial charge is 0.400 e. The number of allylic oxidation sites excluding steroid dienone is 1. The summed E-state index contributed by atoms with van der Waals surface area (Å²) in [6.07, 6.45) is -1.44. The van der Waals surface area contributed by atoms with Gasteiger partial charge in [-0.1, -0.05) is 0 Å². The highest BCUT2D eigenvalue weighted by Crippen LogP contribution is 2.35. The van der Waals surface area contributed by atoms with Crippen molar-refractivity contribution in [1.29, 1.82) is 5.41 Å². The Morgan fingerprint density at radius 3 is 2.48 bits per heavy atom. The van der Waals surface area contributed by atoms with E-state index in [1.54, 1.807) is 6.08 Å². The van der Waals surface area contributed by atoms with Gasteiger partial charge < -0.3 is 16.9 Å². The maximum absolute atomic E-state index is 13.1. The predicted octanol–water partition coefficient (Wildman–Crippen LogP) is 2.52. The first-order valence-corrected chi connectivity index (χ1v) is 6.30. The number of aryl methyl sites for hydroxylation is 1. The molecular formula is C14H15F3N4. The number of nitrogens with zero attached hydrogens (tertiary/aromatic N) is 1.